The van der Waals surface area contributed by atoms with E-state index in [-0.39, 0.29) is 0 Å². The van der Waals surface area contributed by atoms with Gasteiger partial charge in [0.15, 0.2) is 11.5 Å². The molecule has 0 saturated heterocycles. The van der Waals surface area contributed by atoms with E-state index in [1.54, 1.807) is 25.1 Å². The van der Waals surface area contributed by atoms with E-state index in [9.17, 15) is 13.2 Å². The highest BCUT2D eigenvalue weighted by molar-refractivity contribution is 7.92. The van der Waals surface area contributed by atoms with Crippen LogP contribution in [0.5, 0.6) is 11.5 Å². The lowest BCUT2D eigenvalue weighted by Crippen LogP contribution is -2.47. The molecule has 2 aromatic rings. The van der Waals surface area contributed by atoms with E-state index in [1.807, 2.05) is 24.3 Å². The van der Waals surface area contributed by atoms with E-state index in [0.29, 0.717) is 36.9 Å². The summed E-state index contributed by atoms with van der Waals surface area (Å²) in [6, 6.07) is 11.9. The molecule has 8 nitrogen and oxygen atoms in total. The van der Waals surface area contributed by atoms with E-state index in [4.69, 9.17) is 9.47 Å². The van der Waals surface area contributed by atoms with Crippen molar-refractivity contribution in [2.24, 2.45) is 0 Å². The number of benzene rings is 2. The molecular weight excluding hydrogens is 430 g/mol. The Hall–Kier alpha value is -2.94. The topological polar surface area (TPSA) is 88.2 Å². The molecule has 32 heavy (non-hydrogen) atoms. The molecule has 0 fully saturated rings. The highest BCUT2D eigenvalue weighted by Crippen LogP contribution is 2.35. The highest BCUT2D eigenvalue weighted by atomic mass is 32.2. The molecule has 174 valence electrons. The molecule has 1 unspecified atom stereocenters. The van der Waals surface area contributed by atoms with Gasteiger partial charge in [-0.15, -0.1) is 0 Å². The molecule has 0 radical (unpaired) electrons. The zero-order valence-electron chi connectivity index (χ0n) is 19.0. The van der Waals surface area contributed by atoms with Gasteiger partial charge in [0, 0.05) is 31.4 Å². The third-order valence-electron chi connectivity index (χ3n) is 5.40. The molecule has 1 heterocycles. The number of carbonyl (C=O) groups is 1. The standard InChI is InChI=1S/C23H31N3O5S/c1-5-25(6-2)19-9-7-18(8-10-19)16-24-23(27)17(3)26(32(4,28)29)20-11-12-21-22(15-20)31-14-13-30-21/h7-12,15,17H,5-6,13-14,16H2,1-4H3,(H,24,27). The maximum Gasteiger partial charge on any atom is 0.243 e. The first kappa shape index (κ1) is 23.7. The van der Waals surface area contributed by atoms with Gasteiger partial charge in [0.1, 0.15) is 19.3 Å². The van der Waals surface area contributed by atoms with E-state index in [0.717, 1.165) is 34.9 Å². The van der Waals surface area contributed by atoms with Gasteiger partial charge in [0.2, 0.25) is 15.9 Å². The molecule has 0 bridgehead atoms. The number of rotatable bonds is 9. The minimum Gasteiger partial charge on any atom is -0.486 e. The van der Waals surface area contributed by atoms with Crippen molar-refractivity contribution in [1.29, 1.82) is 0 Å². The van der Waals surface area contributed by atoms with Crippen molar-refractivity contribution < 1.29 is 22.7 Å². The first-order valence-corrected chi connectivity index (χ1v) is 12.6. The van der Waals surface area contributed by atoms with Gasteiger partial charge in [0.25, 0.3) is 0 Å². The van der Waals surface area contributed by atoms with Gasteiger partial charge in [-0.1, -0.05) is 12.1 Å². The van der Waals surface area contributed by atoms with E-state index < -0.39 is 22.0 Å². The Kier molecular flexibility index (Phi) is 7.50. The summed E-state index contributed by atoms with van der Waals surface area (Å²) >= 11 is 0. The van der Waals surface area contributed by atoms with Crippen molar-refractivity contribution >= 4 is 27.3 Å². The fourth-order valence-electron chi connectivity index (χ4n) is 3.73. The molecule has 1 aliphatic rings. The Morgan fingerprint density at radius 1 is 1.00 bits per heavy atom. The van der Waals surface area contributed by atoms with Crippen LogP contribution in [-0.4, -0.2) is 52.9 Å². The van der Waals surface area contributed by atoms with Crippen LogP contribution in [-0.2, 0) is 21.4 Å². The quantitative estimate of drug-likeness (QED) is 0.618. The maximum atomic E-state index is 12.9. The Balaban J connectivity index is 1.72. The molecule has 1 N–H and O–H groups in total. The molecule has 0 saturated carbocycles. The predicted molar refractivity (Wildman–Crippen MR) is 126 cm³/mol. The smallest absolute Gasteiger partial charge is 0.243 e. The van der Waals surface area contributed by atoms with Crippen LogP contribution in [0.4, 0.5) is 11.4 Å². The molecule has 0 spiro atoms. The highest BCUT2D eigenvalue weighted by Gasteiger charge is 2.30. The SMILES string of the molecule is CCN(CC)c1ccc(CNC(=O)C(C)N(c2ccc3c(c2)OCCO3)S(C)(=O)=O)cc1. The number of carbonyl (C=O) groups excluding carboxylic acids is 1. The van der Waals surface area contributed by atoms with Gasteiger partial charge < -0.3 is 19.7 Å². The maximum absolute atomic E-state index is 12.9. The number of hydrogen-bond acceptors (Lipinski definition) is 6. The lowest BCUT2D eigenvalue weighted by Gasteiger charge is -2.29. The largest absolute Gasteiger partial charge is 0.486 e. The van der Waals surface area contributed by atoms with Gasteiger partial charge in [-0.2, -0.15) is 0 Å². The molecule has 9 heteroatoms. The summed E-state index contributed by atoms with van der Waals surface area (Å²) in [4.78, 5) is 15.1. The van der Waals surface area contributed by atoms with Gasteiger partial charge in [-0.05, 0) is 50.6 Å². The van der Waals surface area contributed by atoms with Crippen LogP contribution in [0.2, 0.25) is 0 Å². The normalized spacial score (nSPS) is 13.9. The Bertz CT molecular complexity index is 1040. The average molecular weight is 462 g/mol. The van der Waals surface area contributed by atoms with Crippen LogP contribution in [0, 0.1) is 0 Å². The predicted octanol–water partition coefficient (Wildman–Crippen LogP) is 2.77. The van der Waals surface area contributed by atoms with Crippen LogP contribution in [0.15, 0.2) is 42.5 Å². The Morgan fingerprint density at radius 3 is 2.19 bits per heavy atom. The summed E-state index contributed by atoms with van der Waals surface area (Å²) in [5.74, 6) is 0.625. The zero-order valence-corrected chi connectivity index (χ0v) is 19.8. The number of fused-ring (bicyclic) bond motifs is 1. The summed E-state index contributed by atoms with van der Waals surface area (Å²) < 4.78 is 37.3. The minimum absolute atomic E-state index is 0.306. The minimum atomic E-state index is -3.72. The van der Waals surface area contributed by atoms with E-state index in [2.05, 4.69) is 24.1 Å². The summed E-state index contributed by atoms with van der Waals surface area (Å²) in [6.07, 6.45) is 1.08. The number of nitrogens with zero attached hydrogens (tertiary/aromatic N) is 2. The molecule has 1 aliphatic heterocycles. The molecular formula is C23H31N3O5S. The number of sulfonamides is 1. The molecule has 1 atom stereocenters. The summed E-state index contributed by atoms with van der Waals surface area (Å²) in [5, 5.41) is 2.85. The van der Waals surface area contributed by atoms with Gasteiger partial charge in [0.05, 0.1) is 11.9 Å². The van der Waals surface area contributed by atoms with Crippen LogP contribution in [0.3, 0.4) is 0 Å². The van der Waals surface area contributed by atoms with Crippen LogP contribution < -0.4 is 24.0 Å². The average Bonchev–Trinajstić information content (AvgIpc) is 2.78. The number of amides is 1. The van der Waals surface area contributed by atoms with Crippen LogP contribution in [0.25, 0.3) is 0 Å². The van der Waals surface area contributed by atoms with E-state index >= 15 is 0 Å². The lowest BCUT2D eigenvalue weighted by atomic mass is 10.2. The first-order valence-electron chi connectivity index (χ1n) is 10.7. The molecule has 1 amide bonds. The van der Waals surface area contributed by atoms with Crippen molar-refractivity contribution in [2.45, 2.75) is 33.4 Å². The van der Waals surface area contributed by atoms with Crippen molar-refractivity contribution in [3.63, 3.8) is 0 Å². The van der Waals surface area contributed by atoms with Gasteiger partial charge >= 0.3 is 0 Å². The third kappa shape index (κ3) is 5.45. The number of hydrogen-bond donors (Lipinski definition) is 1. The second-order valence-electron chi connectivity index (χ2n) is 7.62. The van der Waals surface area contributed by atoms with Crippen molar-refractivity contribution in [2.75, 3.05) is 41.8 Å². The second kappa shape index (κ2) is 10.1. The molecule has 3 rings (SSSR count). The van der Waals surface area contributed by atoms with Gasteiger partial charge in [-0.3, -0.25) is 9.10 Å². The zero-order chi connectivity index (χ0) is 23.3. The third-order valence-corrected chi connectivity index (χ3v) is 6.64. The number of nitrogens with one attached hydrogen (secondary N) is 1. The Morgan fingerprint density at radius 2 is 1.59 bits per heavy atom. The van der Waals surface area contributed by atoms with Crippen LogP contribution >= 0.6 is 0 Å². The monoisotopic (exact) mass is 461 g/mol. The number of anilines is 2. The summed E-state index contributed by atoms with van der Waals surface area (Å²) in [5.41, 5.74) is 2.41. The fraction of sp³-hybridized carbons (Fsp3) is 0.435. The molecule has 2 aromatic carbocycles. The van der Waals surface area contributed by atoms with Crippen molar-refractivity contribution in [1.82, 2.24) is 5.32 Å². The number of ether oxygens (including phenoxy) is 2. The second-order valence-corrected chi connectivity index (χ2v) is 9.48. The molecule has 0 aromatic heterocycles. The summed E-state index contributed by atoms with van der Waals surface area (Å²) in [7, 11) is -3.72. The summed E-state index contributed by atoms with van der Waals surface area (Å²) in [6.45, 7) is 8.76. The lowest BCUT2D eigenvalue weighted by molar-refractivity contribution is -0.122. The Labute approximate surface area is 190 Å². The van der Waals surface area contributed by atoms with E-state index in [1.165, 1.54) is 0 Å². The van der Waals surface area contributed by atoms with Crippen molar-refractivity contribution in [3.8, 4) is 11.5 Å². The van der Waals surface area contributed by atoms with Crippen LogP contribution in [0.1, 0.15) is 26.3 Å². The molecule has 0 aliphatic carbocycles. The first-order chi connectivity index (χ1) is 15.2. The fourth-order valence-corrected chi connectivity index (χ4v) is 4.89. The van der Waals surface area contributed by atoms with Crippen molar-refractivity contribution in [3.05, 3.63) is 48.0 Å². The van der Waals surface area contributed by atoms with Gasteiger partial charge in [-0.25, -0.2) is 8.42 Å².